The molecule has 0 atom stereocenters. The van der Waals surface area contributed by atoms with Crippen molar-refractivity contribution >= 4 is 93.2 Å². The SMILES string of the molecule is O=C(OCC1CCC(COC(=O)c2ccc3ccccc3c2)CC1)c1ccc2ccccc2c1.O=C(OCCOC(=O)c1ccc(C(=O)OCCOC(=O)c2ccccc2)cc1)c1ccccc1.O=C(OCCOC(=O)c1cccc(C(=O)OCCOC(=O)c2cccc(C(=O)OCCOC(=O)c3ccccc3)c2)c1)c1ccccc1. The average molecular weight is 1570 g/mol. The van der Waals surface area contributed by atoms with E-state index in [0.29, 0.717) is 58.4 Å². The Kier molecular flexibility index (Phi) is 32.3. The summed E-state index contributed by atoms with van der Waals surface area (Å²) in [5.74, 6) is -6.16. The van der Waals surface area contributed by atoms with Crippen LogP contribution in [0.25, 0.3) is 21.5 Å². The molecule has 0 saturated heterocycles. The summed E-state index contributed by atoms with van der Waals surface area (Å²) in [6.45, 7) is -0.745. The summed E-state index contributed by atoms with van der Waals surface area (Å²) >= 11 is 0. The predicted octanol–water partition coefficient (Wildman–Crippen LogP) is 15.3. The van der Waals surface area contributed by atoms with Gasteiger partial charge in [0, 0.05) is 0 Å². The van der Waals surface area contributed by atoms with Crippen LogP contribution in [0.5, 0.6) is 0 Å². The summed E-state index contributed by atoms with van der Waals surface area (Å²) in [7, 11) is 0. The average Bonchev–Trinajstić information content (AvgIpc) is 0.836. The van der Waals surface area contributed by atoms with Crippen LogP contribution in [0.3, 0.4) is 0 Å². The minimum absolute atomic E-state index is 0.0623. The number of benzene rings is 11. The molecule has 12 rings (SSSR count). The van der Waals surface area contributed by atoms with Crippen molar-refractivity contribution in [1.82, 2.24) is 0 Å². The zero-order chi connectivity index (χ0) is 81.6. The van der Waals surface area contributed by atoms with Crippen LogP contribution in [0, 0.1) is 11.8 Å². The lowest BCUT2D eigenvalue weighted by atomic mass is 9.83. The van der Waals surface area contributed by atoms with Gasteiger partial charge in [0.2, 0.25) is 0 Å². The number of ether oxygens (including phenoxy) is 12. The number of esters is 12. The smallest absolute Gasteiger partial charge is 0.338 e. The molecule has 1 aliphatic rings. The zero-order valence-electron chi connectivity index (χ0n) is 62.8. The highest BCUT2D eigenvalue weighted by molar-refractivity contribution is 5.99. The minimum atomic E-state index is -0.767. The lowest BCUT2D eigenvalue weighted by Gasteiger charge is -2.27. The zero-order valence-corrected chi connectivity index (χ0v) is 62.8. The first kappa shape index (κ1) is 84.0. The first-order chi connectivity index (χ1) is 56.5. The summed E-state index contributed by atoms with van der Waals surface area (Å²) in [5.41, 5.74) is 3.47. The van der Waals surface area contributed by atoms with Crippen LogP contribution in [-0.2, 0) is 56.8 Å². The van der Waals surface area contributed by atoms with Gasteiger partial charge in [-0.25, -0.2) is 57.5 Å². The third-order valence-electron chi connectivity index (χ3n) is 17.6. The molecule has 0 bridgehead atoms. The van der Waals surface area contributed by atoms with E-state index in [1.807, 2.05) is 84.9 Å². The molecule has 1 aliphatic carbocycles. The fourth-order valence-electron chi connectivity index (χ4n) is 11.5. The van der Waals surface area contributed by atoms with Gasteiger partial charge in [-0.2, -0.15) is 0 Å². The molecular formula is C92H80O24. The highest BCUT2D eigenvalue weighted by Gasteiger charge is 2.25. The molecule has 11 aromatic rings. The number of rotatable bonds is 31. The molecule has 0 heterocycles. The van der Waals surface area contributed by atoms with Gasteiger partial charge in [0.15, 0.2) is 0 Å². The summed E-state index contributed by atoms with van der Waals surface area (Å²) < 4.78 is 62.1. The Balaban J connectivity index is 0.000000188. The van der Waals surface area contributed by atoms with Crippen molar-refractivity contribution in [2.75, 3.05) is 79.3 Å². The second-order valence-electron chi connectivity index (χ2n) is 25.8. The molecule has 0 amide bonds. The Bertz CT molecular complexity index is 4860. The molecule has 0 spiro atoms. The molecule has 0 aromatic heterocycles. The Morgan fingerprint density at radius 3 is 0.586 bits per heavy atom. The number of hydrogen-bond donors (Lipinski definition) is 0. The Morgan fingerprint density at radius 2 is 0.345 bits per heavy atom. The van der Waals surface area contributed by atoms with Gasteiger partial charge in [-0.3, -0.25) is 0 Å². The molecular weight excluding hydrogens is 1490 g/mol. The van der Waals surface area contributed by atoms with Crippen LogP contribution in [0.4, 0.5) is 0 Å². The Hall–Kier alpha value is -14.4. The number of hydrogen-bond acceptors (Lipinski definition) is 24. The largest absolute Gasteiger partial charge is 0.462 e. The van der Waals surface area contributed by atoms with Crippen molar-refractivity contribution in [3.63, 3.8) is 0 Å². The van der Waals surface area contributed by atoms with Crippen LogP contribution >= 0.6 is 0 Å². The maximum absolute atomic E-state index is 12.5. The van der Waals surface area contributed by atoms with E-state index in [2.05, 4.69) is 0 Å². The van der Waals surface area contributed by atoms with Gasteiger partial charge in [0.25, 0.3) is 0 Å². The Labute approximate surface area is 667 Å². The van der Waals surface area contributed by atoms with E-state index >= 15 is 0 Å². The quantitative estimate of drug-likeness (QED) is 0.0221. The van der Waals surface area contributed by atoms with E-state index in [-0.39, 0.29) is 111 Å². The summed E-state index contributed by atoms with van der Waals surface area (Å²) in [4.78, 5) is 147. The summed E-state index contributed by atoms with van der Waals surface area (Å²) in [5, 5.41) is 4.30. The maximum atomic E-state index is 12.5. The highest BCUT2D eigenvalue weighted by atomic mass is 16.6. The lowest BCUT2D eigenvalue weighted by molar-refractivity contribution is 0.0257. The fraction of sp³-hybridized carbons (Fsp3) is 0.196. The van der Waals surface area contributed by atoms with Crippen LogP contribution in [0.1, 0.15) is 150 Å². The van der Waals surface area contributed by atoms with E-state index < -0.39 is 59.7 Å². The second-order valence-corrected chi connectivity index (χ2v) is 25.8. The van der Waals surface area contributed by atoms with Crippen molar-refractivity contribution in [3.8, 4) is 0 Å². The number of carbonyl (C=O) groups excluding carboxylic acids is 12. The van der Waals surface area contributed by atoms with Gasteiger partial charge >= 0.3 is 71.6 Å². The van der Waals surface area contributed by atoms with Crippen LogP contribution in [0.15, 0.2) is 279 Å². The molecule has 0 unspecified atom stereocenters. The third kappa shape index (κ3) is 26.6. The van der Waals surface area contributed by atoms with E-state index in [1.54, 1.807) is 121 Å². The molecule has 0 N–H and O–H groups in total. The van der Waals surface area contributed by atoms with Crippen molar-refractivity contribution in [3.05, 3.63) is 346 Å². The predicted molar refractivity (Wildman–Crippen MR) is 422 cm³/mol. The number of carbonyl (C=O) groups is 12. The van der Waals surface area contributed by atoms with E-state index in [0.717, 1.165) is 47.2 Å². The molecule has 0 radical (unpaired) electrons. The van der Waals surface area contributed by atoms with E-state index in [9.17, 15) is 57.5 Å². The van der Waals surface area contributed by atoms with Crippen molar-refractivity contribution in [2.24, 2.45) is 11.8 Å². The molecule has 24 heteroatoms. The first-order valence-corrected chi connectivity index (χ1v) is 37.1. The molecule has 11 aromatic carbocycles. The normalized spacial score (nSPS) is 12.5. The van der Waals surface area contributed by atoms with Gasteiger partial charge in [-0.1, -0.05) is 146 Å². The van der Waals surface area contributed by atoms with Crippen LogP contribution in [-0.4, -0.2) is 151 Å². The molecule has 1 fully saturated rings. The van der Waals surface area contributed by atoms with E-state index in [4.69, 9.17) is 56.8 Å². The summed E-state index contributed by atoms with van der Waals surface area (Å²) in [6.07, 6.45) is 3.90. The van der Waals surface area contributed by atoms with Crippen molar-refractivity contribution in [1.29, 1.82) is 0 Å². The van der Waals surface area contributed by atoms with Gasteiger partial charge in [-0.15, -0.1) is 0 Å². The highest BCUT2D eigenvalue weighted by Crippen LogP contribution is 2.30. The molecule has 0 aliphatic heterocycles. The first-order valence-electron chi connectivity index (χ1n) is 37.1. The molecule has 24 nitrogen and oxygen atoms in total. The third-order valence-corrected chi connectivity index (χ3v) is 17.6. The molecule has 1 saturated carbocycles. The molecule has 592 valence electrons. The molecule has 116 heavy (non-hydrogen) atoms. The van der Waals surface area contributed by atoms with Gasteiger partial charge in [0.05, 0.1) is 80.0 Å². The Morgan fingerprint density at radius 1 is 0.172 bits per heavy atom. The van der Waals surface area contributed by atoms with Crippen LogP contribution < -0.4 is 0 Å². The van der Waals surface area contributed by atoms with Crippen molar-refractivity contribution in [2.45, 2.75) is 25.7 Å². The van der Waals surface area contributed by atoms with E-state index in [1.165, 1.54) is 72.8 Å². The van der Waals surface area contributed by atoms with Gasteiger partial charge in [-0.05, 0) is 193 Å². The fourth-order valence-corrected chi connectivity index (χ4v) is 11.5. The van der Waals surface area contributed by atoms with Crippen LogP contribution in [0.2, 0.25) is 0 Å². The minimum Gasteiger partial charge on any atom is -0.462 e. The monoisotopic (exact) mass is 1570 g/mol. The topological polar surface area (TPSA) is 316 Å². The lowest BCUT2D eigenvalue weighted by Crippen LogP contribution is -2.24. The number of fused-ring (bicyclic) bond motifs is 2. The van der Waals surface area contributed by atoms with Gasteiger partial charge in [0.1, 0.15) is 66.1 Å². The van der Waals surface area contributed by atoms with Gasteiger partial charge < -0.3 is 56.8 Å². The standard InChI is InChI=1S/C36H30O12.C30H28O4.C26H22O8/c37-31(25-9-3-1-4-10-25)43-17-19-45-33(39)27-13-7-15-29(23-27)35(41)47-21-22-48-36(42)30-16-8-14-28(24-30)34(40)46-20-18-44-32(38)26-11-5-2-6-12-26;31-29(27-15-13-23-5-1-3-7-25(23)17-27)33-19-21-9-11-22(12-10-21)20-34-30(32)28-16-14-24-6-2-4-8-26(24)18-28;27-23(19-7-3-1-4-8-19)31-15-17-33-25(29)21-11-13-22(14-12-21)26(30)34-18-16-32-24(28)20-9-5-2-6-10-20/h1-16,23-24H,17-22H2;1-8,13-18,21-22H,9-12,19-20H2;1-14H,15-18H2. The maximum Gasteiger partial charge on any atom is 0.338 e. The summed E-state index contributed by atoms with van der Waals surface area (Å²) in [6, 6.07) is 77.9. The second kappa shape index (κ2) is 44.6. The van der Waals surface area contributed by atoms with Crippen molar-refractivity contribution < 1.29 is 114 Å².